The number of hydrogen-bond donors (Lipinski definition) is 1. The number of hydrogen-bond acceptors (Lipinski definition) is 5. The highest BCUT2D eigenvalue weighted by Gasteiger charge is 2.45. The molecule has 0 amide bonds. The fourth-order valence-corrected chi connectivity index (χ4v) is 2.38. The van der Waals surface area contributed by atoms with E-state index in [2.05, 4.69) is 5.32 Å². The molecule has 0 bridgehead atoms. The molecule has 1 atom stereocenters. The van der Waals surface area contributed by atoms with Crippen LogP contribution in [0.2, 0.25) is 0 Å². The van der Waals surface area contributed by atoms with Crippen LogP contribution in [0.5, 0.6) is 0 Å². The van der Waals surface area contributed by atoms with Crippen molar-refractivity contribution in [2.45, 2.75) is 12.1 Å². The summed E-state index contributed by atoms with van der Waals surface area (Å²) in [5.74, 6) is -0.337. The first-order valence-electron chi connectivity index (χ1n) is 6.23. The molecule has 0 aromatic heterocycles. The number of carbonyl (C=O) groups excluding carboxylic acids is 1. The zero-order valence-electron chi connectivity index (χ0n) is 11.3. The van der Waals surface area contributed by atoms with Crippen LogP contribution in [-0.4, -0.2) is 39.9 Å². The van der Waals surface area contributed by atoms with Crippen LogP contribution in [0, 0.1) is 0 Å². The van der Waals surface area contributed by atoms with Gasteiger partial charge in [-0.05, 0) is 11.1 Å². The molecule has 1 aliphatic heterocycles. The normalized spacial score (nSPS) is 21.8. The molecule has 0 radical (unpaired) electrons. The second-order valence-corrected chi connectivity index (χ2v) is 4.47. The quantitative estimate of drug-likeness (QED) is 0.631. The van der Waals surface area contributed by atoms with E-state index in [4.69, 9.17) is 14.2 Å². The van der Waals surface area contributed by atoms with E-state index in [-0.39, 0.29) is 12.6 Å². The van der Waals surface area contributed by atoms with Crippen molar-refractivity contribution in [3.8, 4) is 0 Å². The third-order valence-corrected chi connectivity index (χ3v) is 3.32. The first-order chi connectivity index (χ1) is 9.24. The Balaban J connectivity index is 2.36. The Morgan fingerprint density at radius 1 is 1.42 bits per heavy atom. The molecule has 19 heavy (non-hydrogen) atoms. The molecule has 1 unspecified atom stereocenters. The van der Waals surface area contributed by atoms with Crippen molar-refractivity contribution in [2.24, 2.45) is 0 Å². The number of ether oxygens (including phenoxy) is 3. The van der Waals surface area contributed by atoms with Gasteiger partial charge in [0.25, 0.3) is 0 Å². The third kappa shape index (κ3) is 2.63. The topological polar surface area (TPSA) is 56.8 Å². The van der Waals surface area contributed by atoms with E-state index in [1.54, 1.807) is 7.11 Å². The van der Waals surface area contributed by atoms with E-state index in [1.165, 1.54) is 7.11 Å². The Hall–Kier alpha value is -1.43. The van der Waals surface area contributed by atoms with Gasteiger partial charge in [-0.3, -0.25) is 5.32 Å². The Kier molecular flexibility index (Phi) is 4.52. The standard InChI is InChI=1S/C14H19NO4/c1-17-8-7-15-14(13(16)18-2)10-19-9-11-5-3-4-6-12(11)14/h3-6,15H,7-10H2,1-2H3. The van der Waals surface area contributed by atoms with Gasteiger partial charge in [0.2, 0.25) is 0 Å². The van der Waals surface area contributed by atoms with Crippen molar-refractivity contribution >= 4 is 5.97 Å². The summed E-state index contributed by atoms with van der Waals surface area (Å²) in [4.78, 5) is 12.2. The zero-order chi connectivity index (χ0) is 13.7. The maximum absolute atomic E-state index is 12.2. The summed E-state index contributed by atoms with van der Waals surface area (Å²) in [5, 5.41) is 3.22. The van der Waals surface area contributed by atoms with Crippen molar-refractivity contribution in [2.75, 3.05) is 34.0 Å². The second kappa shape index (κ2) is 6.14. The number of benzene rings is 1. The monoisotopic (exact) mass is 265 g/mol. The fraction of sp³-hybridized carbons (Fsp3) is 0.500. The van der Waals surface area contributed by atoms with Gasteiger partial charge in [0.1, 0.15) is 0 Å². The summed E-state index contributed by atoms with van der Waals surface area (Å²) in [6.07, 6.45) is 0. The van der Waals surface area contributed by atoms with Gasteiger partial charge in [-0.1, -0.05) is 24.3 Å². The Labute approximate surface area is 112 Å². The van der Waals surface area contributed by atoms with Crippen LogP contribution in [0.4, 0.5) is 0 Å². The van der Waals surface area contributed by atoms with Crippen molar-refractivity contribution in [1.82, 2.24) is 5.32 Å². The molecule has 1 N–H and O–H groups in total. The minimum atomic E-state index is -0.942. The largest absolute Gasteiger partial charge is 0.467 e. The summed E-state index contributed by atoms with van der Waals surface area (Å²) < 4.78 is 15.5. The van der Waals surface area contributed by atoms with Crippen LogP contribution in [0.25, 0.3) is 0 Å². The minimum absolute atomic E-state index is 0.264. The van der Waals surface area contributed by atoms with Crippen LogP contribution in [0.3, 0.4) is 0 Å². The molecule has 0 aliphatic carbocycles. The molecule has 0 saturated heterocycles. The molecule has 1 heterocycles. The highest BCUT2D eigenvalue weighted by Crippen LogP contribution is 2.31. The van der Waals surface area contributed by atoms with Gasteiger partial charge >= 0.3 is 5.97 Å². The number of methoxy groups -OCH3 is 2. The van der Waals surface area contributed by atoms with Gasteiger partial charge in [-0.15, -0.1) is 0 Å². The van der Waals surface area contributed by atoms with E-state index >= 15 is 0 Å². The predicted molar refractivity (Wildman–Crippen MR) is 69.7 cm³/mol. The Morgan fingerprint density at radius 2 is 2.21 bits per heavy atom. The van der Waals surface area contributed by atoms with Gasteiger partial charge in [-0.2, -0.15) is 0 Å². The van der Waals surface area contributed by atoms with Gasteiger partial charge in [-0.25, -0.2) is 4.79 Å². The lowest BCUT2D eigenvalue weighted by atomic mass is 9.85. The molecule has 0 saturated carbocycles. The Bertz CT molecular complexity index is 449. The van der Waals surface area contributed by atoms with E-state index < -0.39 is 5.54 Å². The van der Waals surface area contributed by atoms with Crippen LogP contribution in [0.15, 0.2) is 24.3 Å². The van der Waals surface area contributed by atoms with Crippen LogP contribution >= 0.6 is 0 Å². The molecule has 0 spiro atoms. The SMILES string of the molecule is COCCNC1(C(=O)OC)COCc2ccccc21. The molecular weight excluding hydrogens is 246 g/mol. The van der Waals surface area contributed by atoms with E-state index in [9.17, 15) is 4.79 Å². The van der Waals surface area contributed by atoms with Crippen molar-refractivity contribution in [3.05, 3.63) is 35.4 Å². The number of rotatable bonds is 5. The molecule has 5 heteroatoms. The third-order valence-electron chi connectivity index (χ3n) is 3.32. The molecular formula is C14H19NO4. The number of esters is 1. The average Bonchev–Trinajstić information content (AvgIpc) is 2.47. The highest BCUT2D eigenvalue weighted by atomic mass is 16.5. The maximum Gasteiger partial charge on any atom is 0.333 e. The minimum Gasteiger partial charge on any atom is -0.467 e. The average molecular weight is 265 g/mol. The predicted octanol–water partition coefficient (Wildman–Crippen LogP) is 0.821. The van der Waals surface area contributed by atoms with E-state index in [1.807, 2.05) is 24.3 Å². The lowest BCUT2D eigenvalue weighted by Crippen LogP contribution is -2.56. The molecule has 5 nitrogen and oxygen atoms in total. The summed E-state index contributed by atoms with van der Waals surface area (Å²) in [7, 11) is 3.01. The van der Waals surface area contributed by atoms with Gasteiger partial charge in [0.15, 0.2) is 5.54 Å². The second-order valence-electron chi connectivity index (χ2n) is 4.47. The number of nitrogens with one attached hydrogen (secondary N) is 1. The zero-order valence-corrected chi connectivity index (χ0v) is 11.3. The van der Waals surface area contributed by atoms with E-state index in [0.29, 0.717) is 19.8 Å². The molecule has 104 valence electrons. The summed E-state index contributed by atoms with van der Waals surface area (Å²) in [6.45, 7) is 1.84. The molecule has 1 aromatic carbocycles. The Morgan fingerprint density at radius 3 is 2.95 bits per heavy atom. The maximum atomic E-state index is 12.2. The van der Waals surface area contributed by atoms with Crippen LogP contribution in [-0.2, 0) is 31.2 Å². The van der Waals surface area contributed by atoms with Crippen LogP contribution in [0.1, 0.15) is 11.1 Å². The highest BCUT2D eigenvalue weighted by molar-refractivity contribution is 5.83. The van der Waals surface area contributed by atoms with Gasteiger partial charge < -0.3 is 14.2 Å². The fourth-order valence-electron chi connectivity index (χ4n) is 2.38. The number of fused-ring (bicyclic) bond motifs is 1. The molecule has 2 rings (SSSR count). The lowest BCUT2D eigenvalue weighted by Gasteiger charge is -2.37. The van der Waals surface area contributed by atoms with Gasteiger partial charge in [0.05, 0.1) is 26.9 Å². The molecule has 0 fully saturated rings. The summed E-state index contributed by atoms with van der Waals surface area (Å²) in [6, 6.07) is 7.75. The smallest absolute Gasteiger partial charge is 0.333 e. The van der Waals surface area contributed by atoms with E-state index in [0.717, 1.165) is 11.1 Å². The number of carbonyl (C=O) groups is 1. The van der Waals surface area contributed by atoms with Gasteiger partial charge in [0, 0.05) is 13.7 Å². The summed E-state index contributed by atoms with van der Waals surface area (Å²) in [5.41, 5.74) is 0.982. The van der Waals surface area contributed by atoms with Crippen molar-refractivity contribution in [1.29, 1.82) is 0 Å². The van der Waals surface area contributed by atoms with Crippen LogP contribution < -0.4 is 5.32 Å². The first kappa shape index (κ1) is 14.0. The molecule has 1 aliphatic rings. The van der Waals surface area contributed by atoms with Crippen molar-refractivity contribution in [3.63, 3.8) is 0 Å². The molecule has 1 aromatic rings. The summed E-state index contributed by atoms with van der Waals surface area (Å²) >= 11 is 0. The first-order valence-corrected chi connectivity index (χ1v) is 6.23. The lowest BCUT2D eigenvalue weighted by molar-refractivity contribution is -0.154. The van der Waals surface area contributed by atoms with Crippen molar-refractivity contribution < 1.29 is 19.0 Å².